The van der Waals surface area contributed by atoms with E-state index in [0.717, 1.165) is 49.9 Å². The van der Waals surface area contributed by atoms with Gasteiger partial charge in [0.2, 0.25) is 11.5 Å². The van der Waals surface area contributed by atoms with E-state index in [9.17, 15) is 40.5 Å². The summed E-state index contributed by atoms with van der Waals surface area (Å²) in [4.78, 5) is 45.1. The maximum absolute atomic E-state index is 12.1. The van der Waals surface area contributed by atoms with Crippen molar-refractivity contribution in [1.29, 1.82) is 0 Å². The number of hydrogen-bond donors (Lipinski definition) is 2. The zero-order chi connectivity index (χ0) is 33.8. The van der Waals surface area contributed by atoms with E-state index in [-0.39, 0.29) is 34.4 Å². The molecule has 16 nitrogen and oxygen atoms in total. The van der Waals surface area contributed by atoms with Crippen LogP contribution in [-0.2, 0) is 6.42 Å². The van der Waals surface area contributed by atoms with Gasteiger partial charge in [0.25, 0.3) is 11.4 Å². The van der Waals surface area contributed by atoms with Crippen molar-refractivity contribution < 1.29 is 29.2 Å². The second-order valence-electron chi connectivity index (χ2n) is 10.7. The van der Waals surface area contributed by atoms with E-state index in [4.69, 9.17) is 9.47 Å². The molecule has 4 aromatic carbocycles. The number of anilines is 4. The summed E-state index contributed by atoms with van der Waals surface area (Å²) in [5, 5.41) is 54.1. The first-order chi connectivity index (χ1) is 22.5. The van der Waals surface area contributed by atoms with Gasteiger partial charge in [0.1, 0.15) is 35.0 Å². The summed E-state index contributed by atoms with van der Waals surface area (Å²) in [6.07, 6.45) is 4.16. The summed E-state index contributed by atoms with van der Waals surface area (Å²) in [6, 6.07) is 13.2. The van der Waals surface area contributed by atoms with Gasteiger partial charge in [-0.3, -0.25) is 40.5 Å². The number of nitro groups is 4. The molecule has 47 heavy (non-hydrogen) atoms. The Morgan fingerprint density at radius 1 is 0.596 bits per heavy atom. The van der Waals surface area contributed by atoms with E-state index in [1.54, 1.807) is 31.2 Å². The molecule has 242 valence electrons. The van der Waals surface area contributed by atoms with Crippen LogP contribution in [0.15, 0.2) is 60.7 Å². The summed E-state index contributed by atoms with van der Waals surface area (Å²) >= 11 is 0. The molecule has 1 aliphatic rings. The van der Waals surface area contributed by atoms with Gasteiger partial charge in [0.05, 0.1) is 19.7 Å². The number of aryl methyl sites for hydroxylation is 1. The molecular formula is C31H28N6O10. The third-order valence-electron chi connectivity index (χ3n) is 7.60. The average Bonchev–Trinajstić information content (AvgIpc) is 3.01. The molecule has 0 unspecified atom stereocenters. The zero-order valence-electron chi connectivity index (χ0n) is 25.2. The summed E-state index contributed by atoms with van der Waals surface area (Å²) in [5.41, 5.74) is -0.998. The summed E-state index contributed by atoms with van der Waals surface area (Å²) in [5.74, 6) is -0.450. The van der Waals surface area contributed by atoms with Crippen molar-refractivity contribution in [2.24, 2.45) is 0 Å². The quantitative estimate of drug-likeness (QED) is 0.0872. The highest BCUT2D eigenvalue weighted by atomic mass is 16.6. The molecule has 0 fully saturated rings. The molecule has 2 N–H and O–H groups in total. The molecule has 0 saturated carbocycles. The number of rotatable bonds is 9. The lowest BCUT2D eigenvalue weighted by Crippen LogP contribution is -2.05. The average molecular weight is 645 g/mol. The minimum absolute atomic E-state index is 0.0356. The fourth-order valence-corrected chi connectivity index (χ4v) is 5.15. The topological polar surface area (TPSA) is 215 Å². The number of unbranched alkanes of at least 4 members (excludes halogenated alkanes) is 3. The van der Waals surface area contributed by atoms with Gasteiger partial charge in [0, 0.05) is 29.6 Å². The lowest BCUT2D eigenvalue weighted by molar-refractivity contribution is -0.394. The van der Waals surface area contributed by atoms with Crippen LogP contribution >= 0.6 is 0 Å². The number of ether oxygens (including phenoxy) is 2. The highest BCUT2D eigenvalue weighted by molar-refractivity contribution is 5.82. The number of fused-ring (bicyclic) bond motifs is 8. The van der Waals surface area contributed by atoms with Crippen molar-refractivity contribution in [3.05, 3.63) is 112 Å². The van der Waals surface area contributed by atoms with Gasteiger partial charge >= 0.3 is 11.4 Å². The molecule has 1 aliphatic heterocycles. The highest BCUT2D eigenvalue weighted by Gasteiger charge is 2.30. The van der Waals surface area contributed by atoms with E-state index >= 15 is 0 Å². The lowest BCUT2D eigenvalue weighted by atomic mass is 10.0. The Morgan fingerprint density at radius 3 is 1.64 bits per heavy atom. The fourth-order valence-electron chi connectivity index (χ4n) is 5.15. The Kier molecular flexibility index (Phi) is 9.11. The largest absolute Gasteiger partial charge is 0.450 e. The lowest BCUT2D eigenvalue weighted by Gasteiger charge is -2.18. The predicted molar refractivity (Wildman–Crippen MR) is 172 cm³/mol. The van der Waals surface area contributed by atoms with Gasteiger partial charge in [-0.1, -0.05) is 38.3 Å². The second kappa shape index (κ2) is 13.4. The van der Waals surface area contributed by atoms with Crippen molar-refractivity contribution in [2.75, 3.05) is 10.6 Å². The number of hydrogen-bond acceptors (Lipinski definition) is 12. The van der Waals surface area contributed by atoms with Crippen LogP contribution in [0.3, 0.4) is 0 Å². The van der Waals surface area contributed by atoms with Gasteiger partial charge in [-0.15, -0.1) is 0 Å². The number of nitro benzene ring substituents is 4. The van der Waals surface area contributed by atoms with Gasteiger partial charge < -0.3 is 20.1 Å². The minimum atomic E-state index is -0.804. The minimum Gasteiger partial charge on any atom is -0.450 e. The maximum Gasteiger partial charge on any atom is 0.318 e. The van der Waals surface area contributed by atoms with E-state index in [1.165, 1.54) is 12.1 Å². The Labute approximate surface area is 266 Å². The van der Waals surface area contributed by atoms with Crippen LogP contribution in [0.4, 0.5) is 45.5 Å². The Morgan fingerprint density at radius 2 is 1.13 bits per heavy atom. The molecule has 16 heteroatoms. The highest BCUT2D eigenvalue weighted by Crippen LogP contribution is 2.46. The number of nitrogens with zero attached hydrogens (tertiary/aromatic N) is 4. The van der Waals surface area contributed by atoms with Gasteiger partial charge in [-0.2, -0.15) is 0 Å². The molecule has 0 aliphatic carbocycles. The predicted octanol–water partition coefficient (Wildman–Crippen LogP) is 9.14. The zero-order valence-corrected chi connectivity index (χ0v) is 25.2. The third kappa shape index (κ3) is 6.85. The first-order valence-electron chi connectivity index (χ1n) is 14.5. The van der Waals surface area contributed by atoms with Crippen molar-refractivity contribution in [3.8, 4) is 23.0 Å². The molecule has 8 bridgehead atoms. The normalized spacial score (nSPS) is 11.7. The van der Waals surface area contributed by atoms with E-state index < -0.39 is 42.4 Å². The Balaban J connectivity index is 1.77. The molecule has 1 heterocycles. The smallest absolute Gasteiger partial charge is 0.318 e. The van der Waals surface area contributed by atoms with Gasteiger partial charge in [0.15, 0.2) is 0 Å². The molecule has 0 radical (unpaired) electrons. The second-order valence-corrected chi connectivity index (χ2v) is 10.7. The van der Waals surface area contributed by atoms with Crippen molar-refractivity contribution in [3.63, 3.8) is 0 Å². The Bertz CT molecular complexity index is 1930. The SMILES string of the molecule is CCCCCCc1ccc2cc1Oc1cc(c([N+](=O)[O-])cc1[N+](=O)[O-])Nc1cccc(c1C)Nc1cc(c([N+](=O)[O-])cc1[N+](=O)[O-])O2. The van der Waals surface area contributed by atoms with Crippen LogP contribution in [0.25, 0.3) is 0 Å². The van der Waals surface area contributed by atoms with Crippen LogP contribution in [-0.4, -0.2) is 19.7 Å². The van der Waals surface area contributed by atoms with E-state index in [0.29, 0.717) is 28.9 Å². The van der Waals surface area contributed by atoms with Crippen LogP contribution in [0.2, 0.25) is 0 Å². The van der Waals surface area contributed by atoms with Crippen LogP contribution < -0.4 is 20.1 Å². The first kappa shape index (κ1) is 32.1. The molecule has 0 saturated heterocycles. The molecule has 0 spiro atoms. The van der Waals surface area contributed by atoms with Crippen molar-refractivity contribution in [1.82, 2.24) is 0 Å². The standard InChI is InChI=1S/C31H28N6O10/c1-3-4-5-6-8-19-11-12-20-13-29(19)47-31-15-24(26(35(40)41)17-28(31)37(44)45)33-22-10-7-9-21(18(22)2)32-23-14-30(46-20)27(36(42)43)16-25(23)34(38)39/h7,9-17,32-33H,3-6,8H2,1-2H3. The summed E-state index contributed by atoms with van der Waals surface area (Å²) in [7, 11) is 0. The molecule has 0 aromatic heterocycles. The third-order valence-corrected chi connectivity index (χ3v) is 7.60. The van der Waals surface area contributed by atoms with E-state index in [1.807, 2.05) is 0 Å². The Hall–Kier alpha value is -6.32. The first-order valence-corrected chi connectivity index (χ1v) is 14.5. The van der Waals surface area contributed by atoms with Gasteiger partial charge in [-0.25, -0.2) is 0 Å². The van der Waals surface area contributed by atoms with E-state index in [2.05, 4.69) is 17.6 Å². The molecule has 0 amide bonds. The van der Waals surface area contributed by atoms with Crippen molar-refractivity contribution >= 4 is 45.5 Å². The number of benzene rings is 4. The van der Waals surface area contributed by atoms with Gasteiger partial charge in [-0.05, 0) is 49.1 Å². The monoisotopic (exact) mass is 644 g/mol. The van der Waals surface area contributed by atoms with Crippen LogP contribution in [0.1, 0.15) is 43.7 Å². The van der Waals surface area contributed by atoms with Crippen LogP contribution in [0, 0.1) is 47.4 Å². The summed E-state index contributed by atoms with van der Waals surface area (Å²) in [6.45, 7) is 3.70. The molecular weight excluding hydrogens is 616 g/mol. The molecule has 0 atom stereocenters. The molecule has 4 aromatic rings. The van der Waals surface area contributed by atoms with Crippen molar-refractivity contribution in [2.45, 2.75) is 46.0 Å². The summed E-state index contributed by atoms with van der Waals surface area (Å²) < 4.78 is 12.1. The van der Waals surface area contributed by atoms with Crippen LogP contribution in [0.5, 0.6) is 23.0 Å². The molecule has 5 rings (SSSR count). The maximum atomic E-state index is 12.1. The fraction of sp³-hybridized carbons (Fsp3) is 0.226. The number of nitrogens with one attached hydrogen (secondary N) is 2.